The van der Waals surface area contributed by atoms with Crippen molar-refractivity contribution in [2.75, 3.05) is 11.1 Å². The van der Waals surface area contributed by atoms with Crippen LogP contribution < -0.4 is 10.1 Å². The molecule has 0 bridgehead atoms. The van der Waals surface area contributed by atoms with Gasteiger partial charge in [0.15, 0.2) is 16.1 Å². The van der Waals surface area contributed by atoms with E-state index in [0.717, 1.165) is 22.6 Å². The zero-order valence-electron chi connectivity index (χ0n) is 17.4. The summed E-state index contributed by atoms with van der Waals surface area (Å²) < 4.78 is 7.67. The molecular formula is C22H20ClN5O2S2. The van der Waals surface area contributed by atoms with E-state index in [1.807, 2.05) is 72.4 Å². The number of hydrogen-bond donors (Lipinski definition) is 1. The molecule has 32 heavy (non-hydrogen) atoms. The van der Waals surface area contributed by atoms with E-state index in [2.05, 4.69) is 20.5 Å². The molecule has 4 rings (SSSR count). The highest BCUT2D eigenvalue weighted by atomic mass is 35.5. The Bertz CT molecular complexity index is 1220. The van der Waals surface area contributed by atoms with Gasteiger partial charge in [0.25, 0.3) is 0 Å². The van der Waals surface area contributed by atoms with E-state index in [4.69, 9.17) is 16.3 Å². The Morgan fingerprint density at radius 1 is 1.19 bits per heavy atom. The molecule has 0 aliphatic carbocycles. The van der Waals surface area contributed by atoms with Crippen LogP contribution in [0.1, 0.15) is 11.4 Å². The maximum absolute atomic E-state index is 12.4. The number of halogens is 1. The summed E-state index contributed by atoms with van der Waals surface area (Å²) in [5.74, 6) is 1.53. The average Bonchev–Trinajstić information content (AvgIpc) is 3.39. The lowest BCUT2D eigenvalue weighted by Gasteiger charge is -2.08. The molecule has 0 atom stereocenters. The van der Waals surface area contributed by atoms with E-state index in [-0.39, 0.29) is 11.7 Å². The molecule has 2 aromatic carbocycles. The highest BCUT2D eigenvalue weighted by Crippen LogP contribution is 2.26. The molecule has 2 heterocycles. The molecular weight excluding hydrogens is 466 g/mol. The van der Waals surface area contributed by atoms with Crippen molar-refractivity contribution in [3.05, 3.63) is 70.3 Å². The van der Waals surface area contributed by atoms with E-state index in [1.54, 1.807) is 0 Å². The number of thioether (sulfide) groups is 1. The highest BCUT2D eigenvalue weighted by Gasteiger charge is 2.14. The number of carbonyl (C=O) groups excluding carboxylic acids is 1. The first-order chi connectivity index (χ1) is 15.5. The molecule has 0 saturated heterocycles. The Kier molecular flexibility index (Phi) is 7.09. The second-order valence-electron chi connectivity index (χ2n) is 6.89. The lowest BCUT2D eigenvalue weighted by Crippen LogP contribution is -2.14. The SMILES string of the molecule is Cc1ccccc1OCc1nnc(SCC(=O)Nc2nc(-c3ccc(Cl)cc3)cs2)n1C. The minimum absolute atomic E-state index is 0.160. The van der Waals surface area contributed by atoms with Gasteiger partial charge in [-0.2, -0.15) is 0 Å². The Hall–Kier alpha value is -2.88. The third-order valence-corrected chi connectivity index (χ3v) is 6.63. The second-order valence-corrected chi connectivity index (χ2v) is 9.13. The molecule has 4 aromatic rings. The molecule has 7 nitrogen and oxygen atoms in total. The zero-order chi connectivity index (χ0) is 22.5. The predicted octanol–water partition coefficient (Wildman–Crippen LogP) is 5.21. The lowest BCUT2D eigenvalue weighted by molar-refractivity contribution is -0.113. The maximum Gasteiger partial charge on any atom is 0.236 e. The van der Waals surface area contributed by atoms with Crippen LogP contribution in [0.25, 0.3) is 11.3 Å². The second kappa shape index (κ2) is 10.2. The number of nitrogens with one attached hydrogen (secondary N) is 1. The molecule has 0 unspecified atom stereocenters. The molecule has 0 spiro atoms. The van der Waals surface area contributed by atoms with Crippen LogP contribution >= 0.6 is 34.7 Å². The van der Waals surface area contributed by atoms with E-state index >= 15 is 0 Å². The summed E-state index contributed by atoms with van der Waals surface area (Å²) in [7, 11) is 1.86. The lowest BCUT2D eigenvalue weighted by atomic mass is 10.2. The quantitative estimate of drug-likeness (QED) is 0.345. The maximum atomic E-state index is 12.4. The van der Waals surface area contributed by atoms with Crippen LogP contribution in [0.5, 0.6) is 5.75 Å². The molecule has 0 aliphatic rings. The van der Waals surface area contributed by atoms with E-state index < -0.39 is 0 Å². The number of carbonyl (C=O) groups is 1. The average molecular weight is 486 g/mol. The molecule has 164 valence electrons. The first-order valence-electron chi connectivity index (χ1n) is 9.70. The topological polar surface area (TPSA) is 81.9 Å². The van der Waals surface area contributed by atoms with Crippen LogP contribution in [0.4, 0.5) is 5.13 Å². The van der Waals surface area contributed by atoms with Gasteiger partial charge in [-0.1, -0.05) is 53.7 Å². The molecule has 10 heteroatoms. The van der Waals surface area contributed by atoms with Gasteiger partial charge in [-0.3, -0.25) is 4.79 Å². The molecule has 0 aliphatic heterocycles. The van der Waals surface area contributed by atoms with Crippen molar-refractivity contribution >= 4 is 45.7 Å². The van der Waals surface area contributed by atoms with Crippen LogP contribution in [0.15, 0.2) is 59.1 Å². The fraction of sp³-hybridized carbons (Fsp3) is 0.182. The normalized spacial score (nSPS) is 10.8. The van der Waals surface area contributed by atoms with Crippen molar-refractivity contribution in [2.45, 2.75) is 18.7 Å². The summed E-state index contributed by atoms with van der Waals surface area (Å²) in [6.07, 6.45) is 0. The van der Waals surface area contributed by atoms with E-state index in [1.165, 1.54) is 23.1 Å². The molecule has 2 aromatic heterocycles. The number of anilines is 1. The van der Waals surface area contributed by atoms with Gasteiger partial charge in [0.1, 0.15) is 12.4 Å². The molecule has 1 N–H and O–H groups in total. The fourth-order valence-corrected chi connectivity index (χ4v) is 4.42. The molecule has 0 saturated carbocycles. The van der Waals surface area contributed by atoms with Crippen molar-refractivity contribution in [1.29, 1.82) is 0 Å². The molecule has 0 radical (unpaired) electrons. The summed E-state index contributed by atoms with van der Waals surface area (Å²) >= 11 is 8.61. The highest BCUT2D eigenvalue weighted by molar-refractivity contribution is 7.99. The first kappa shape index (κ1) is 22.3. The smallest absolute Gasteiger partial charge is 0.236 e. The minimum Gasteiger partial charge on any atom is -0.485 e. The Morgan fingerprint density at radius 3 is 2.75 bits per heavy atom. The summed E-state index contributed by atoms with van der Waals surface area (Å²) in [5, 5.41) is 14.9. The van der Waals surface area contributed by atoms with E-state index in [9.17, 15) is 4.79 Å². The van der Waals surface area contributed by atoms with Gasteiger partial charge >= 0.3 is 0 Å². The van der Waals surface area contributed by atoms with Crippen molar-refractivity contribution in [3.63, 3.8) is 0 Å². The standard InChI is InChI=1S/C22H20ClN5O2S2/c1-14-5-3-4-6-18(14)30-11-19-26-27-22(28(19)2)32-13-20(29)25-21-24-17(12-31-21)15-7-9-16(23)10-8-15/h3-10,12H,11,13H2,1-2H3,(H,24,25,29). The summed E-state index contributed by atoms with van der Waals surface area (Å²) in [6.45, 7) is 2.29. The number of aryl methyl sites for hydroxylation is 1. The number of nitrogens with zero attached hydrogens (tertiary/aromatic N) is 4. The number of benzene rings is 2. The van der Waals surface area contributed by atoms with Crippen LogP contribution in [0.3, 0.4) is 0 Å². The van der Waals surface area contributed by atoms with Crippen molar-refractivity contribution < 1.29 is 9.53 Å². The van der Waals surface area contributed by atoms with E-state index in [0.29, 0.717) is 27.7 Å². The summed E-state index contributed by atoms with van der Waals surface area (Å²) in [6, 6.07) is 15.2. The van der Waals surface area contributed by atoms with Crippen molar-refractivity contribution in [3.8, 4) is 17.0 Å². The number of rotatable bonds is 8. The van der Waals surface area contributed by atoms with Crippen LogP contribution in [0.2, 0.25) is 5.02 Å². The summed E-state index contributed by atoms with van der Waals surface area (Å²) in [4.78, 5) is 16.8. The zero-order valence-corrected chi connectivity index (χ0v) is 19.8. The minimum atomic E-state index is -0.160. The number of hydrogen-bond acceptors (Lipinski definition) is 7. The van der Waals surface area contributed by atoms with Crippen LogP contribution in [-0.4, -0.2) is 31.4 Å². The Morgan fingerprint density at radius 2 is 1.97 bits per heavy atom. The Labute approximate surface area is 198 Å². The van der Waals surface area contributed by atoms with Gasteiger partial charge in [-0.05, 0) is 30.7 Å². The van der Waals surface area contributed by atoms with Gasteiger partial charge in [-0.25, -0.2) is 4.98 Å². The van der Waals surface area contributed by atoms with Gasteiger partial charge in [0, 0.05) is 23.0 Å². The number of aromatic nitrogens is 4. The predicted molar refractivity (Wildman–Crippen MR) is 128 cm³/mol. The van der Waals surface area contributed by atoms with Crippen molar-refractivity contribution in [2.24, 2.45) is 7.05 Å². The number of ether oxygens (including phenoxy) is 1. The summed E-state index contributed by atoms with van der Waals surface area (Å²) in [5.41, 5.74) is 2.80. The molecule has 1 amide bonds. The number of thiazole rings is 1. The van der Waals surface area contributed by atoms with Crippen molar-refractivity contribution in [1.82, 2.24) is 19.7 Å². The Balaban J connectivity index is 1.30. The van der Waals surface area contributed by atoms with Gasteiger partial charge in [-0.15, -0.1) is 21.5 Å². The fourth-order valence-electron chi connectivity index (χ4n) is 2.83. The van der Waals surface area contributed by atoms with Gasteiger partial charge < -0.3 is 14.6 Å². The number of amides is 1. The van der Waals surface area contributed by atoms with Gasteiger partial charge in [0.05, 0.1) is 11.4 Å². The monoisotopic (exact) mass is 485 g/mol. The number of para-hydroxylation sites is 1. The van der Waals surface area contributed by atoms with Crippen LogP contribution in [0, 0.1) is 6.92 Å². The molecule has 0 fully saturated rings. The third-order valence-electron chi connectivity index (χ3n) is 4.60. The third kappa shape index (κ3) is 5.48. The van der Waals surface area contributed by atoms with Crippen LogP contribution in [-0.2, 0) is 18.4 Å². The largest absolute Gasteiger partial charge is 0.485 e. The first-order valence-corrected chi connectivity index (χ1v) is 11.9. The van der Waals surface area contributed by atoms with Gasteiger partial charge in [0.2, 0.25) is 5.91 Å².